The Balaban J connectivity index is 0.000000556. The topological polar surface area (TPSA) is 134 Å². The highest BCUT2D eigenvalue weighted by Crippen LogP contribution is 2.34. The normalized spacial score (nSPS) is 14.5. The molecule has 0 amide bonds. The molecule has 0 bridgehead atoms. The minimum Gasteiger partial charge on any atom is -0.497 e. The third kappa shape index (κ3) is 41.6. The van der Waals surface area contributed by atoms with Crippen molar-refractivity contribution in [2.45, 2.75) is 240 Å². The Morgan fingerprint density at radius 3 is 1.14 bits per heavy atom. The third-order valence-electron chi connectivity index (χ3n) is 15.3. The predicted octanol–water partition coefficient (Wildman–Crippen LogP) is 24.3. The second kappa shape index (κ2) is 43.0. The molecule has 10 heterocycles. The fourth-order valence-electron chi connectivity index (χ4n) is 8.19. The van der Waals surface area contributed by atoms with Crippen LogP contribution in [0.25, 0.3) is 0 Å². The molecule has 0 atom stereocenters. The van der Waals surface area contributed by atoms with E-state index in [0.717, 1.165) is 23.8 Å². The van der Waals surface area contributed by atoms with Gasteiger partial charge >= 0.3 is 0 Å². The number of pyridine rings is 3. The molecule has 0 N–H and O–H groups in total. The predicted molar refractivity (Wildman–Crippen MR) is 434 cm³/mol. The molecule has 0 saturated heterocycles. The summed E-state index contributed by atoms with van der Waals surface area (Å²) >= 11 is 3.63. The van der Waals surface area contributed by atoms with E-state index in [0.29, 0.717) is 28.1 Å². The van der Waals surface area contributed by atoms with E-state index in [9.17, 15) is 0 Å². The zero-order valence-electron chi connectivity index (χ0n) is 67.4. The Labute approximate surface area is 618 Å². The first-order chi connectivity index (χ1) is 46.1. The molecule has 6 aromatic heterocycles. The first kappa shape index (κ1) is 90.9. The van der Waals surface area contributed by atoms with Gasteiger partial charge in [0.15, 0.2) is 0 Å². The first-order valence-electron chi connectivity index (χ1n) is 35.0. The minimum atomic E-state index is 0.0707. The van der Waals surface area contributed by atoms with Crippen molar-refractivity contribution in [1.29, 1.82) is 0 Å². The number of rotatable bonds is 0. The SMILES string of the molecule is CC(C)(C)C1=CC=COC1.CC(C)(C)C1=CC=CSC1.CC(C)(C)C1C=COC=C1.CC(C)(C)C1C=CSC=C1.CC(C)(C)c1ccccn1.CC(C)(C)c1cccnc1.CC(C)(C)c1ccncc1.CC(C)(C)c1ccncn1.CC(C)(C)c1cncnc1.CC(C)(C)c1ncccn1. The molecule has 4 aliphatic rings. The van der Waals surface area contributed by atoms with E-state index in [-0.39, 0.29) is 37.9 Å². The number of nitrogens with zero attached hydrogens (tertiary/aromatic N) is 9. The molecule has 0 saturated carbocycles. The Kier molecular flexibility index (Phi) is 39.1. The second-order valence-corrected chi connectivity index (χ2v) is 36.7. The van der Waals surface area contributed by atoms with E-state index in [2.05, 4.69) is 336 Å². The molecule has 0 aliphatic carbocycles. The van der Waals surface area contributed by atoms with E-state index in [1.165, 1.54) is 28.0 Å². The molecule has 0 radical (unpaired) electrons. The van der Waals surface area contributed by atoms with Crippen LogP contribution in [-0.2, 0) is 42.0 Å². The number of aromatic nitrogens is 9. The summed E-state index contributed by atoms with van der Waals surface area (Å²) in [5, 5.41) is 6.47. The summed E-state index contributed by atoms with van der Waals surface area (Å²) in [5.41, 5.74) is 11.3. The van der Waals surface area contributed by atoms with Gasteiger partial charge in [0.2, 0.25) is 0 Å². The van der Waals surface area contributed by atoms with Crippen molar-refractivity contribution in [3.05, 3.63) is 258 Å². The summed E-state index contributed by atoms with van der Waals surface area (Å²) in [6, 6.07) is 18.0. The van der Waals surface area contributed by atoms with Crippen molar-refractivity contribution < 1.29 is 9.47 Å². The van der Waals surface area contributed by atoms with Gasteiger partial charge in [0.25, 0.3) is 0 Å². The van der Waals surface area contributed by atoms with Crippen LogP contribution >= 0.6 is 23.5 Å². The van der Waals surface area contributed by atoms with Gasteiger partial charge in [-0.1, -0.05) is 256 Å². The average molecular weight is 1400 g/mol. The maximum atomic E-state index is 5.16. The molecule has 11 nitrogen and oxygen atoms in total. The molecule has 0 spiro atoms. The first-order valence-corrected chi connectivity index (χ1v) is 37.0. The maximum Gasteiger partial charge on any atom is 0.133 e. The van der Waals surface area contributed by atoms with Gasteiger partial charge in [-0.15, -0.1) is 23.5 Å². The number of thioether (sulfide) groups is 2. The van der Waals surface area contributed by atoms with Crippen molar-refractivity contribution in [2.75, 3.05) is 12.4 Å². The quantitative estimate of drug-likeness (QED) is 0.143. The summed E-state index contributed by atoms with van der Waals surface area (Å²) in [6.07, 6.45) is 43.7. The van der Waals surface area contributed by atoms with Gasteiger partial charge in [-0.3, -0.25) is 15.0 Å². The maximum absolute atomic E-state index is 5.16. The summed E-state index contributed by atoms with van der Waals surface area (Å²) in [7, 11) is 0. The van der Waals surface area contributed by atoms with Gasteiger partial charge in [-0.25, -0.2) is 29.9 Å². The number of hydrogen-bond donors (Lipinski definition) is 0. The van der Waals surface area contributed by atoms with Gasteiger partial charge in [0.05, 0.1) is 18.8 Å². The molecule has 0 aromatic carbocycles. The van der Waals surface area contributed by atoms with Crippen molar-refractivity contribution >= 4 is 23.5 Å². The van der Waals surface area contributed by atoms with Crippen molar-refractivity contribution in [3.8, 4) is 0 Å². The Bertz CT molecular complexity index is 2900. The van der Waals surface area contributed by atoms with E-state index >= 15 is 0 Å². The third-order valence-corrected chi connectivity index (χ3v) is 16.8. The number of allylic oxidation sites excluding steroid dienone is 8. The van der Waals surface area contributed by atoms with Gasteiger partial charge in [0, 0.05) is 107 Å². The zero-order valence-corrected chi connectivity index (χ0v) is 69.1. The lowest BCUT2D eigenvalue weighted by Crippen LogP contribution is -2.17. The lowest BCUT2D eigenvalue weighted by molar-refractivity contribution is 0.250. The van der Waals surface area contributed by atoms with Crippen LogP contribution < -0.4 is 0 Å². The molecule has 13 heteroatoms. The summed E-state index contributed by atoms with van der Waals surface area (Å²) in [5.74, 6) is 3.20. The summed E-state index contributed by atoms with van der Waals surface area (Å²) < 4.78 is 10.1. The van der Waals surface area contributed by atoms with Gasteiger partial charge in [0.1, 0.15) is 25.1 Å². The van der Waals surface area contributed by atoms with Crippen LogP contribution in [0.5, 0.6) is 0 Å². The standard InChI is InChI=1S/3C9H13N.2C9H14O.2C9H14S.3C8H12N2/c1-9(2,3)8-4-6-10-7-5-8;1-9(2,3)8-5-4-6-10-7-8;1-9(2,3)8-6-4-5-7-10-8;1-9(2,3)8-4-6-10-7-5-8;1-9(2,3)8-5-4-6-10-7-8;1-9(2,3)8-4-6-10-7-5-8;1-9(2,3)8-5-4-6-10-7-8;1-8(2,3)7-4-9-6-10-5-7;1-8(2,3)7-4-5-9-6-10-7;1-8(2,3)7-9-5-4-6-10-7/h3*4-7H,1-3H3;4-8H,1-3H3;4-6H,7H2,1-3H3;4-8H,1-3H3;4-6H,7H2,1-3H3;3*4-6H,1-3H3. The molecule has 0 fully saturated rings. The van der Waals surface area contributed by atoms with Crippen LogP contribution in [-0.4, -0.2) is 57.2 Å². The van der Waals surface area contributed by atoms with Crippen molar-refractivity contribution in [2.24, 2.45) is 33.5 Å². The minimum absolute atomic E-state index is 0.0707. The van der Waals surface area contributed by atoms with Gasteiger partial charge in [-0.2, -0.15) is 0 Å². The number of hydrogen-bond acceptors (Lipinski definition) is 13. The average Bonchev–Trinajstić information content (AvgIpc) is 1.11. The van der Waals surface area contributed by atoms with E-state index in [4.69, 9.17) is 9.47 Å². The fraction of sp³-hybridized carbons (Fsp3) is 0.506. The van der Waals surface area contributed by atoms with Crippen LogP contribution in [0.2, 0.25) is 0 Å². The largest absolute Gasteiger partial charge is 0.497 e. The highest BCUT2D eigenvalue weighted by molar-refractivity contribution is 8.04. The van der Waals surface area contributed by atoms with E-state index < -0.39 is 0 Å². The lowest BCUT2D eigenvalue weighted by atomic mass is 9.80. The monoisotopic (exact) mass is 1400 g/mol. The highest BCUT2D eigenvalue weighted by atomic mass is 32.2. The van der Waals surface area contributed by atoms with Crippen molar-refractivity contribution in [1.82, 2.24) is 44.9 Å². The molecular weight excluding hydrogens is 1270 g/mol. The molecule has 100 heavy (non-hydrogen) atoms. The summed E-state index contributed by atoms with van der Waals surface area (Å²) in [6.45, 7) is 66.3. The van der Waals surface area contributed by atoms with E-state index in [1.54, 1.807) is 73.6 Å². The number of ether oxygens (including phenoxy) is 2. The highest BCUT2D eigenvalue weighted by Gasteiger charge is 2.23. The van der Waals surface area contributed by atoms with Crippen LogP contribution in [0.4, 0.5) is 0 Å². The van der Waals surface area contributed by atoms with Crippen molar-refractivity contribution in [3.63, 3.8) is 0 Å². The zero-order chi connectivity index (χ0) is 76.1. The van der Waals surface area contributed by atoms with E-state index in [1.807, 2.05) is 85.4 Å². The Morgan fingerprint density at radius 1 is 0.350 bits per heavy atom. The lowest BCUT2D eigenvalue weighted by Gasteiger charge is -2.26. The molecular formula is C87H131N9O2S2. The van der Waals surface area contributed by atoms with Crippen LogP contribution in [0.3, 0.4) is 0 Å². The molecule has 10 rings (SSSR count). The smallest absolute Gasteiger partial charge is 0.133 e. The Morgan fingerprint density at radius 2 is 0.840 bits per heavy atom. The fourth-order valence-corrected chi connectivity index (χ4v) is 9.80. The molecule has 548 valence electrons. The second-order valence-electron chi connectivity index (χ2n) is 35.0. The van der Waals surface area contributed by atoms with Crippen LogP contribution in [0, 0.1) is 33.5 Å². The van der Waals surface area contributed by atoms with Gasteiger partial charge < -0.3 is 9.47 Å². The molecule has 6 aromatic rings. The molecule has 0 unspecified atom stereocenters. The van der Waals surface area contributed by atoms with Crippen LogP contribution in [0.15, 0.2) is 224 Å². The Hall–Kier alpha value is -7.09. The summed E-state index contributed by atoms with van der Waals surface area (Å²) in [4.78, 5) is 36.4. The molecule has 4 aliphatic heterocycles. The van der Waals surface area contributed by atoms with Crippen LogP contribution in [0.1, 0.15) is 242 Å². The van der Waals surface area contributed by atoms with Gasteiger partial charge in [-0.05, 0) is 137 Å².